The SMILES string of the molecule is CCC(CC)(Cn1nnnc1C(C)(C)OC)C(=O)O. The number of hydrogen-bond acceptors (Lipinski definition) is 5. The highest BCUT2D eigenvalue weighted by atomic mass is 16.5. The second-order valence-electron chi connectivity index (χ2n) is 5.17. The number of methoxy groups -OCH3 is 1. The lowest BCUT2D eigenvalue weighted by molar-refractivity contribution is -0.150. The maximum Gasteiger partial charge on any atom is 0.311 e. The van der Waals surface area contributed by atoms with Gasteiger partial charge < -0.3 is 9.84 Å². The van der Waals surface area contributed by atoms with E-state index in [1.807, 2.05) is 27.7 Å². The Balaban J connectivity index is 3.13. The van der Waals surface area contributed by atoms with Crippen LogP contribution in [0.3, 0.4) is 0 Å². The molecule has 1 rings (SSSR count). The van der Waals surface area contributed by atoms with E-state index in [-0.39, 0.29) is 6.54 Å². The average Bonchev–Trinajstić information content (AvgIpc) is 2.84. The molecule has 0 fully saturated rings. The molecule has 0 aliphatic rings. The van der Waals surface area contributed by atoms with Crippen molar-refractivity contribution in [3.63, 3.8) is 0 Å². The molecule has 1 aromatic rings. The third-order valence-corrected chi connectivity index (χ3v) is 3.84. The largest absolute Gasteiger partial charge is 0.481 e. The number of carbonyl (C=O) groups is 1. The Morgan fingerprint density at radius 1 is 1.37 bits per heavy atom. The Morgan fingerprint density at radius 3 is 2.37 bits per heavy atom. The summed E-state index contributed by atoms with van der Waals surface area (Å²) in [5, 5.41) is 21.0. The molecular formula is C12H22N4O3. The van der Waals surface area contributed by atoms with Crippen LogP contribution in [0.2, 0.25) is 0 Å². The maximum absolute atomic E-state index is 11.5. The van der Waals surface area contributed by atoms with Crippen LogP contribution in [-0.2, 0) is 21.7 Å². The fourth-order valence-electron chi connectivity index (χ4n) is 1.96. The van der Waals surface area contributed by atoms with Crippen molar-refractivity contribution in [2.75, 3.05) is 7.11 Å². The predicted molar refractivity (Wildman–Crippen MR) is 68.5 cm³/mol. The van der Waals surface area contributed by atoms with Crippen LogP contribution < -0.4 is 0 Å². The number of ether oxygens (including phenoxy) is 1. The van der Waals surface area contributed by atoms with E-state index >= 15 is 0 Å². The molecule has 7 heteroatoms. The first-order chi connectivity index (χ1) is 8.83. The number of nitrogens with zero attached hydrogens (tertiary/aromatic N) is 4. The smallest absolute Gasteiger partial charge is 0.311 e. The Bertz CT molecular complexity index is 438. The molecule has 0 bridgehead atoms. The van der Waals surface area contributed by atoms with E-state index in [0.29, 0.717) is 18.7 Å². The van der Waals surface area contributed by atoms with Gasteiger partial charge in [-0.3, -0.25) is 4.79 Å². The quantitative estimate of drug-likeness (QED) is 0.806. The summed E-state index contributed by atoms with van der Waals surface area (Å²) in [6.45, 7) is 7.65. The van der Waals surface area contributed by atoms with Gasteiger partial charge in [-0.1, -0.05) is 13.8 Å². The van der Waals surface area contributed by atoms with E-state index in [1.165, 1.54) is 4.68 Å². The summed E-state index contributed by atoms with van der Waals surface area (Å²) >= 11 is 0. The normalized spacial score (nSPS) is 12.7. The van der Waals surface area contributed by atoms with Crippen molar-refractivity contribution in [3.8, 4) is 0 Å². The van der Waals surface area contributed by atoms with Gasteiger partial charge in [0.25, 0.3) is 0 Å². The number of carboxylic acids is 1. The lowest BCUT2D eigenvalue weighted by atomic mass is 9.82. The standard InChI is InChI=1S/C12H22N4O3/c1-6-12(7-2,10(17)18)8-16-9(13-14-15-16)11(3,4)19-5/h6-8H2,1-5H3,(H,17,18). The van der Waals surface area contributed by atoms with Gasteiger partial charge in [0.2, 0.25) is 0 Å². The topological polar surface area (TPSA) is 90.1 Å². The summed E-state index contributed by atoms with van der Waals surface area (Å²) in [6, 6.07) is 0. The van der Waals surface area contributed by atoms with Gasteiger partial charge in [-0.15, -0.1) is 5.10 Å². The van der Waals surface area contributed by atoms with Gasteiger partial charge >= 0.3 is 5.97 Å². The van der Waals surface area contributed by atoms with Crippen molar-refractivity contribution in [1.29, 1.82) is 0 Å². The number of carboxylic acid groups (broad SMARTS) is 1. The van der Waals surface area contributed by atoms with Gasteiger partial charge in [0.05, 0.1) is 12.0 Å². The van der Waals surface area contributed by atoms with Crippen molar-refractivity contribution in [3.05, 3.63) is 5.82 Å². The van der Waals surface area contributed by atoms with Crippen molar-refractivity contribution in [1.82, 2.24) is 20.2 Å². The van der Waals surface area contributed by atoms with Crippen molar-refractivity contribution >= 4 is 5.97 Å². The Hall–Kier alpha value is -1.50. The molecule has 19 heavy (non-hydrogen) atoms. The van der Waals surface area contributed by atoms with Gasteiger partial charge in [-0.2, -0.15) is 0 Å². The van der Waals surface area contributed by atoms with E-state index in [0.717, 1.165) is 0 Å². The summed E-state index contributed by atoms with van der Waals surface area (Å²) in [7, 11) is 1.57. The molecule has 0 amide bonds. The van der Waals surface area contributed by atoms with E-state index in [1.54, 1.807) is 7.11 Å². The lowest BCUT2D eigenvalue weighted by Crippen LogP contribution is -2.37. The summed E-state index contributed by atoms with van der Waals surface area (Å²) in [4.78, 5) is 11.5. The van der Waals surface area contributed by atoms with Gasteiger partial charge in [0, 0.05) is 7.11 Å². The molecule has 7 nitrogen and oxygen atoms in total. The monoisotopic (exact) mass is 270 g/mol. The number of hydrogen-bond donors (Lipinski definition) is 1. The molecular weight excluding hydrogens is 248 g/mol. The van der Waals surface area contributed by atoms with Gasteiger partial charge in [-0.25, -0.2) is 4.68 Å². The minimum Gasteiger partial charge on any atom is -0.481 e. The number of aliphatic carboxylic acids is 1. The second kappa shape index (κ2) is 5.64. The van der Waals surface area contributed by atoms with Crippen LogP contribution in [0.15, 0.2) is 0 Å². The Labute approximate surface area is 112 Å². The highest BCUT2D eigenvalue weighted by Crippen LogP contribution is 2.30. The van der Waals surface area contributed by atoms with Crippen LogP contribution >= 0.6 is 0 Å². The number of tetrazole rings is 1. The van der Waals surface area contributed by atoms with Crippen molar-refractivity contribution in [2.45, 2.75) is 52.7 Å². The van der Waals surface area contributed by atoms with Crippen LogP contribution in [-0.4, -0.2) is 38.4 Å². The molecule has 0 aliphatic carbocycles. The molecule has 1 heterocycles. The molecule has 108 valence electrons. The van der Waals surface area contributed by atoms with E-state index in [4.69, 9.17) is 4.74 Å². The molecule has 0 saturated heterocycles. The zero-order valence-electron chi connectivity index (χ0n) is 12.2. The van der Waals surface area contributed by atoms with Crippen LogP contribution in [0.25, 0.3) is 0 Å². The van der Waals surface area contributed by atoms with Crippen LogP contribution in [0.1, 0.15) is 46.4 Å². The first-order valence-electron chi connectivity index (χ1n) is 6.38. The van der Waals surface area contributed by atoms with Crippen LogP contribution in [0.4, 0.5) is 0 Å². The Kier molecular flexibility index (Phi) is 4.62. The van der Waals surface area contributed by atoms with Crippen LogP contribution in [0.5, 0.6) is 0 Å². The molecule has 0 spiro atoms. The molecule has 1 aromatic heterocycles. The first-order valence-corrected chi connectivity index (χ1v) is 6.38. The van der Waals surface area contributed by atoms with E-state index < -0.39 is 17.0 Å². The third-order valence-electron chi connectivity index (χ3n) is 3.84. The maximum atomic E-state index is 11.5. The van der Waals surface area contributed by atoms with Gasteiger partial charge in [0.1, 0.15) is 5.60 Å². The molecule has 0 atom stereocenters. The zero-order chi connectivity index (χ0) is 14.7. The number of rotatable bonds is 7. The van der Waals surface area contributed by atoms with E-state index in [9.17, 15) is 9.90 Å². The van der Waals surface area contributed by atoms with Crippen molar-refractivity contribution < 1.29 is 14.6 Å². The molecule has 0 aromatic carbocycles. The fourth-order valence-corrected chi connectivity index (χ4v) is 1.96. The second-order valence-corrected chi connectivity index (χ2v) is 5.17. The number of aromatic nitrogens is 4. The third kappa shape index (κ3) is 2.91. The minimum absolute atomic E-state index is 0.241. The van der Waals surface area contributed by atoms with E-state index in [2.05, 4.69) is 15.5 Å². The molecule has 1 N–H and O–H groups in total. The van der Waals surface area contributed by atoms with Gasteiger partial charge in [-0.05, 0) is 37.1 Å². The average molecular weight is 270 g/mol. The highest BCUT2D eigenvalue weighted by molar-refractivity contribution is 5.74. The first kappa shape index (κ1) is 15.6. The fraction of sp³-hybridized carbons (Fsp3) is 0.833. The molecule has 0 saturated carbocycles. The summed E-state index contributed by atoms with van der Waals surface area (Å²) in [5.74, 6) is -0.295. The highest BCUT2D eigenvalue weighted by Gasteiger charge is 2.38. The molecule has 0 radical (unpaired) electrons. The lowest BCUT2D eigenvalue weighted by Gasteiger charge is -2.28. The Morgan fingerprint density at radius 2 is 1.95 bits per heavy atom. The molecule has 0 unspecified atom stereocenters. The summed E-state index contributed by atoms with van der Waals surface area (Å²) < 4.78 is 6.89. The van der Waals surface area contributed by atoms with Crippen molar-refractivity contribution in [2.24, 2.45) is 5.41 Å². The summed E-state index contributed by atoms with van der Waals surface area (Å²) in [5.41, 5.74) is -1.51. The summed E-state index contributed by atoms with van der Waals surface area (Å²) in [6.07, 6.45) is 1.04. The van der Waals surface area contributed by atoms with Gasteiger partial charge in [0.15, 0.2) is 5.82 Å². The zero-order valence-corrected chi connectivity index (χ0v) is 12.2. The predicted octanol–water partition coefficient (Wildman–Crippen LogP) is 1.45. The minimum atomic E-state index is -0.853. The molecule has 0 aliphatic heterocycles. The van der Waals surface area contributed by atoms with Crippen LogP contribution in [0, 0.1) is 5.41 Å².